The maximum absolute atomic E-state index is 12.5. The molecule has 0 atom stereocenters. The van der Waals surface area contributed by atoms with Gasteiger partial charge in [0, 0.05) is 17.8 Å². The molecule has 0 unspecified atom stereocenters. The highest BCUT2D eigenvalue weighted by Gasteiger charge is 2.19. The van der Waals surface area contributed by atoms with E-state index < -0.39 is 0 Å². The number of nitrogens with zero attached hydrogens (tertiary/aromatic N) is 1. The Kier molecular flexibility index (Phi) is 5.28. The number of carbonyl (C=O) groups is 2. The molecule has 1 aromatic heterocycles. The third kappa shape index (κ3) is 4.15. The zero-order chi connectivity index (χ0) is 17.6. The average Bonchev–Trinajstić information content (AvgIpc) is 3.15. The fourth-order valence-electron chi connectivity index (χ4n) is 2.97. The highest BCUT2D eigenvalue weighted by molar-refractivity contribution is 6.06. The van der Waals surface area contributed by atoms with Gasteiger partial charge in [-0.1, -0.05) is 25.0 Å². The number of nitrogens with one attached hydrogen (secondary N) is 2. The first kappa shape index (κ1) is 17.0. The second-order valence-corrected chi connectivity index (χ2v) is 6.04. The van der Waals surface area contributed by atoms with E-state index in [-0.39, 0.29) is 23.6 Å². The fourth-order valence-corrected chi connectivity index (χ4v) is 2.97. The van der Waals surface area contributed by atoms with E-state index in [2.05, 4.69) is 15.6 Å². The molecule has 1 heterocycles. The van der Waals surface area contributed by atoms with Gasteiger partial charge in [-0.2, -0.15) is 0 Å². The lowest BCUT2D eigenvalue weighted by molar-refractivity contribution is 0.0933. The monoisotopic (exact) mass is 339 g/mol. The van der Waals surface area contributed by atoms with Crippen molar-refractivity contribution in [3.05, 3.63) is 53.9 Å². The topological polar surface area (TPSA) is 80.3 Å². The third-order valence-electron chi connectivity index (χ3n) is 4.30. The Morgan fingerprint density at radius 3 is 2.64 bits per heavy atom. The van der Waals surface area contributed by atoms with Crippen molar-refractivity contribution in [2.24, 2.45) is 0 Å². The van der Waals surface area contributed by atoms with Gasteiger partial charge in [0.2, 0.25) is 0 Å². The number of anilines is 1. The largest absolute Gasteiger partial charge is 0.495 e. The van der Waals surface area contributed by atoms with Crippen LogP contribution in [0.25, 0.3) is 0 Å². The summed E-state index contributed by atoms with van der Waals surface area (Å²) in [7, 11) is 1.54. The molecular weight excluding hydrogens is 318 g/mol. The number of amides is 2. The lowest BCUT2D eigenvalue weighted by Gasteiger charge is -2.12. The molecular formula is C19H21N3O3. The van der Waals surface area contributed by atoms with E-state index in [1.807, 2.05) is 12.1 Å². The van der Waals surface area contributed by atoms with Crippen LogP contribution in [-0.2, 0) is 0 Å². The molecule has 2 N–H and O–H groups in total. The summed E-state index contributed by atoms with van der Waals surface area (Å²) in [6.45, 7) is 0. The number of carbonyl (C=O) groups excluding carboxylic acids is 2. The van der Waals surface area contributed by atoms with Crippen molar-refractivity contribution in [1.29, 1.82) is 0 Å². The van der Waals surface area contributed by atoms with Crippen molar-refractivity contribution in [1.82, 2.24) is 10.3 Å². The summed E-state index contributed by atoms with van der Waals surface area (Å²) in [6, 6.07) is 10.5. The SMILES string of the molecule is COc1ccccc1NC(=O)c1ccnc(C(=O)NC2CCCC2)c1. The van der Waals surface area contributed by atoms with Crippen molar-refractivity contribution < 1.29 is 14.3 Å². The lowest BCUT2D eigenvalue weighted by atomic mass is 10.2. The van der Waals surface area contributed by atoms with Crippen LogP contribution >= 0.6 is 0 Å². The Balaban J connectivity index is 1.71. The minimum Gasteiger partial charge on any atom is -0.495 e. The number of ether oxygens (including phenoxy) is 1. The Hall–Kier alpha value is -2.89. The number of aromatic nitrogens is 1. The lowest BCUT2D eigenvalue weighted by Crippen LogP contribution is -2.33. The fraction of sp³-hybridized carbons (Fsp3) is 0.316. The highest BCUT2D eigenvalue weighted by atomic mass is 16.5. The van der Waals surface area contributed by atoms with Gasteiger partial charge in [0.25, 0.3) is 11.8 Å². The smallest absolute Gasteiger partial charge is 0.270 e. The summed E-state index contributed by atoms with van der Waals surface area (Å²) >= 11 is 0. The number of methoxy groups -OCH3 is 1. The van der Waals surface area contributed by atoms with Crippen LogP contribution in [0.1, 0.15) is 46.5 Å². The molecule has 0 aliphatic heterocycles. The molecule has 1 aromatic carbocycles. The minimum absolute atomic E-state index is 0.209. The zero-order valence-corrected chi connectivity index (χ0v) is 14.1. The van der Waals surface area contributed by atoms with Crippen LogP contribution < -0.4 is 15.4 Å². The summed E-state index contributed by atoms with van der Waals surface area (Å²) in [5, 5.41) is 5.77. The van der Waals surface area contributed by atoms with Crippen LogP contribution in [0.15, 0.2) is 42.6 Å². The predicted molar refractivity (Wildman–Crippen MR) is 94.9 cm³/mol. The molecule has 3 rings (SSSR count). The summed E-state index contributed by atoms with van der Waals surface area (Å²) in [4.78, 5) is 28.9. The molecule has 0 radical (unpaired) electrons. The normalized spacial score (nSPS) is 14.1. The molecule has 1 fully saturated rings. The van der Waals surface area contributed by atoms with E-state index >= 15 is 0 Å². The van der Waals surface area contributed by atoms with Gasteiger partial charge in [0.15, 0.2) is 0 Å². The number of benzene rings is 1. The van der Waals surface area contributed by atoms with Crippen molar-refractivity contribution in [2.75, 3.05) is 12.4 Å². The van der Waals surface area contributed by atoms with E-state index in [1.165, 1.54) is 12.3 Å². The van der Waals surface area contributed by atoms with Crippen LogP contribution in [0.4, 0.5) is 5.69 Å². The van der Waals surface area contributed by atoms with Gasteiger partial charge in [0.1, 0.15) is 11.4 Å². The molecule has 25 heavy (non-hydrogen) atoms. The van der Waals surface area contributed by atoms with Crippen molar-refractivity contribution >= 4 is 17.5 Å². The molecule has 1 saturated carbocycles. The zero-order valence-electron chi connectivity index (χ0n) is 14.1. The van der Waals surface area contributed by atoms with Gasteiger partial charge in [0.05, 0.1) is 12.8 Å². The number of pyridine rings is 1. The van der Waals surface area contributed by atoms with Gasteiger partial charge in [-0.15, -0.1) is 0 Å². The van der Waals surface area contributed by atoms with Gasteiger partial charge >= 0.3 is 0 Å². The van der Waals surface area contributed by atoms with E-state index in [1.54, 1.807) is 25.3 Å². The van der Waals surface area contributed by atoms with E-state index in [9.17, 15) is 9.59 Å². The Morgan fingerprint density at radius 1 is 1.12 bits per heavy atom. The van der Waals surface area contributed by atoms with E-state index in [0.29, 0.717) is 17.0 Å². The van der Waals surface area contributed by atoms with Crippen molar-refractivity contribution in [2.45, 2.75) is 31.7 Å². The first-order valence-corrected chi connectivity index (χ1v) is 8.38. The summed E-state index contributed by atoms with van der Waals surface area (Å²) in [6.07, 6.45) is 5.75. The summed E-state index contributed by atoms with van der Waals surface area (Å²) in [5.41, 5.74) is 1.20. The summed E-state index contributed by atoms with van der Waals surface area (Å²) < 4.78 is 5.23. The number of para-hydroxylation sites is 2. The number of hydrogen-bond acceptors (Lipinski definition) is 4. The Bertz CT molecular complexity index is 770. The van der Waals surface area contributed by atoms with Crippen LogP contribution in [0.5, 0.6) is 5.75 Å². The molecule has 0 spiro atoms. The summed E-state index contributed by atoms with van der Waals surface area (Å²) in [5.74, 6) is 0.0183. The first-order valence-electron chi connectivity index (χ1n) is 8.38. The van der Waals surface area contributed by atoms with Crippen molar-refractivity contribution in [3.63, 3.8) is 0 Å². The van der Waals surface area contributed by atoms with Crippen molar-refractivity contribution in [3.8, 4) is 5.75 Å². The van der Waals surface area contributed by atoms with E-state index in [4.69, 9.17) is 4.74 Å². The molecule has 6 heteroatoms. The molecule has 1 aliphatic carbocycles. The predicted octanol–water partition coefficient (Wildman–Crippen LogP) is 3.01. The minimum atomic E-state index is -0.318. The first-order chi connectivity index (χ1) is 12.2. The van der Waals surface area contributed by atoms with Gasteiger partial charge in [-0.25, -0.2) is 0 Å². The standard InChI is InChI=1S/C19H21N3O3/c1-25-17-9-5-4-8-15(17)22-18(23)13-10-11-20-16(12-13)19(24)21-14-6-2-3-7-14/h4-5,8-12,14H,2-3,6-7H2,1H3,(H,21,24)(H,22,23). The van der Waals surface area contributed by atoms with Gasteiger partial charge in [-0.3, -0.25) is 14.6 Å². The molecule has 2 aromatic rings. The molecule has 6 nitrogen and oxygen atoms in total. The van der Waals surface area contributed by atoms with Gasteiger partial charge in [-0.05, 0) is 37.1 Å². The molecule has 2 amide bonds. The maximum Gasteiger partial charge on any atom is 0.270 e. The number of hydrogen-bond donors (Lipinski definition) is 2. The van der Waals surface area contributed by atoms with Crippen LogP contribution in [0.3, 0.4) is 0 Å². The highest BCUT2D eigenvalue weighted by Crippen LogP contribution is 2.23. The third-order valence-corrected chi connectivity index (χ3v) is 4.30. The molecule has 1 aliphatic rings. The average molecular weight is 339 g/mol. The molecule has 0 bridgehead atoms. The Morgan fingerprint density at radius 2 is 1.88 bits per heavy atom. The second-order valence-electron chi connectivity index (χ2n) is 6.04. The van der Waals surface area contributed by atoms with Crippen LogP contribution in [-0.4, -0.2) is 29.9 Å². The molecule has 0 saturated heterocycles. The van der Waals surface area contributed by atoms with Crippen LogP contribution in [0.2, 0.25) is 0 Å². The number of rotatable bonds is 5. The molecule has 130 valence electrons. The van der Waals surface area contributed by atoms with Crippen LogP contribution in [0, 0.1) is 0 Å². The second kappa shape index (κ2) is 7.79. The maximum atomic E-state index is 12.5. The van der Waals surface area contributed by atoms with Gasteiger partial charge < -0.3 is 15.4 Å². The quantitative estimate of drug-likeness (QED) is 0.877. The van der Waals surface area contributed by atoms with E-state index in [0.717, 1.165) is 25.7 Å². The Labute approximate surface area is 146 Å².